The van der Waals surface area contributed by atoms with Crippen LogP contribution in [0.1, 0.15) is 43.5 Å². The Hall–Kier alpha value is -2.12. The molecule has 1 aliphatic heterocycles. The number of amides is 1. The minimum atomic E-state index is -1.34. The molecule has 23 heavy (non-hydrogen) atoms. The molecule has 0 aliphatic carbocycles. The van der Waals surface area contributed by atoms with Gasteiger partial charge in [-0.25, -0.2) is 15.1 Å². The molecule has 1 aromatic rings. The predicted molar refractivity (Wildman–Crippen MR) is 80.9 cm³/mol. The van der Waals surface area contributed by atoms with E-state index in [4.69, 9.17) is 19.4 Å². The van der Waals surface area contributed by atoms with Crippen molar-refractivity contribution in [3.05, 3.63) is 29.8 Å². The van der Waals surface area contributed by atoms with Crippen LogP contribution in [0.3, 0.4) is 0 Å². The minimum absolute atomic E-state index is 0.366. The summed E-state index contributed by atoms with van der Waals surface area (Å²) < 4.78 is 10.7. The van der Waals surface area contributed by atoms with E-state index in [1.165, 1.54) is 38.1 Å². The number of hydrogen-bond acceptors (Lipinski definition) is 5. The molecular weight excluding hydrogens is 302 g/mol. The second kappa shape index (κ2) is 7.43. The highest BCUT2D eigenvalue weighted by molar-refractivity contribution is 5.93. The van der Waals surface area contributed by atoms with Gasteiger partial charge < -0.3 is 14.6 Å². The topological polar surface area (TPSA) is 94.1 Å². The highest BCUT2D eigenvalue weighted by Gasteiger charge is 2.29. The Morgan fingerprint density at radius 1 is 1.26 bits per heavy atom. The summed E-state index contributed by atoms with van der Waals surface area (Å²) in [4.78, 5) is 28.2. The Bertz CT molecular complexity index is 548. The van der Waals surface area contributed by atoms with E-state index in [1.807, 2.05) is 0 Å². The predicted octanol–water partition coefficient (Wildman–Crippen LogP) is 2.12. The van der Waals surface area contributed by atoms with Crippen molar-refractivity contribution in [2.75, 3.05) is 6.61 Å². The Morgan fingerprint density at radius 2 is 1.96 bits per heavy atom. The lowest BCUT2D eigenvalue weighted by atomic mass is 10.1. The molecule has 1 aromatic carbocycles. The van der Waals surface area contributed by atoms with Gasteiger partial charge in [-0.15, -0.1) is 0 Å². The third kappa shape index (κ3) is 4.94. The number of aliphatic carboxylic acids is 1. The maximum absolute atomic E-state index is 12.0. The number of hydroxylamine groups is 1. The van der Waals surface area contributed by atoms with Gasteiger partial charge in [-0.05, 0) is 51.0 Å². The van der Waals surface area contributed by atoms with Gasteiger partial charge in [-0.3, -0.25) is 4.79 Å². The van der Waals surface area contributed by atoms with Crippen LogP contribution in [-0.2, 0) is 14.4 Å². The smallest absolute Gasteiger partial charge is 0.347 e. The first-order valence-corrected chi connectivity index (χ1v) is 7.48. The fraction of sp³-hybridized carbons (Fsp3) is 0.500. The molecular formula is C16H21NO6. The zero-order valence-corrected chi connectivity index (χ0v) is 13.2. The molecule has 1 atom stereocenters. The number of rotatable bonds is 6. The molecule has 0 radical (unpaired) electrons. The molecule has 1 saturated heterocycles. The van der Waals surface area contributed by atoms with E-state index in [0.29, 0.717) is 17.9 Å². The van der Waals surface area contributed by atoms with E-state index < -0.39 is 23.8 Å². The fourth-order valence-electron chi connectivity index (χ4n) is 1.99. The van der Waals surface area contributed by atoms with E-state index in [2.05, 4.69) is 5.48 Å². The first kappa shape index (κ1) is 17.2. The summed E-state index contributed by atoms with van der Waals surface area (Å²) >= 11 is 0. The molecule has 1 amide bonds. The summed E-state index contributed by atoms with van der Waals surface area (Å²) in [5.41, 5.74) is 1.39. The number of carbonyl (C=O) groups is 2. The lowest BCUT2D eigenvalue weighted by Gasteiger charge is -2.22. The Kier molecular flexibility index (Phi) is 5.57. The number of carbonyl (C=O) groups excluding carboxylic acids is 1. The van der Waals surface area contributed by atoms with Crippen molar-refractivity contribution >= 4 is 11.9 Å². The Balaban J connectivity index is 1.88. The van der Waals surface area contributed by atoms with Crippen molar-refractivity contribution in [2.45, 2.75) is 45.0 Å². The molecule has 0 saturated carbocycles. The first-order chi connectivity index (χ1) is 10.9. The average Bonchev–Trinajstić information content (AvgIpc) is 2.54. The van der Waals surface area contributed by atoms with Gasteiger partial charge in [0.15, 0.2) is 11.9 Å². The van der Waals surface area contributed by atoms with Crippen LogP contribution in [0.25, 0.3) is 0 Å². The van der Waals surface area contributed by atoms with Crippen LogP contribution in [0.2, 0.25) is 0 Å². The second-order valence-electron chi connectivity index (χ2n) is 5.79. The summed E-state index contributed by atoms with van der Waals surface area (Å²) in [5.74, 6) is -1.10. The van der Waals surface area contributed by atoms with Crippen LogP contribution in [0.4, 0.5) is 0 Å². The van der Waals surface area contributed by atoms with Crippen molar-refractivity contribution in [3.8, 4) is 5.75 Å². The van der Waals surface area contributed by atoms with Crippen LogP contribution in [-0.4, -0.2) is 35.5 Å². The molecule has 0 bridgehead atoms. The highest BCUT2D eigenvalue weighted by atomic mass is 16.8. The summed E-state index contributed by atoms with van der Waals surface area (Å²) in [6, 6.07) is 6.15. The van der Waals surface area contributed by atoms with Gasteiger partial charge in [0, 0.05) is 18.6 Å². The molecule has 1 fully saturated rings. The Morgan fingerprint density at radius 3 is 2.52 bits per heavy atom. The molecule has 126 valence electrons. The quantitative estimate of drug-likeness (QED) is 0.779. The van der Waals surface area contributed by atoms with Gasteiger partial charge in [0.1, 0.15) is 5.75 Å². The van der Waals surface area contributed by atoms with Gasteiger partial charge >= 0.3 is 5.97 Å². The monoisotopic (exact) mass is 323 g/mol. The van der Waals surface area contributed by atoms with Crippen molar-refractivity contribution in [1.29, 1.82) is 0 Å². The molecule has 2 N–H and O–H groups in total. The normalized spacial score (nSPS) is 18.3. The number of nitrogens with one attached hydrogen (secondary N) is 1. The molecule has 1 heterocycles. The third-order valence-electron chi connectivity index (χ3n) is 3.43. The molecule has 0 aromatic heterocycles. The van der Waals surface area contributed by atoms with Gasteiger partial charge in [0.05, 0.1) is 0 Å². The van der Waals surface area contributed by atoms with Crippen molar-refractivity contribution in [3.63, 3.8) is 0 Å². The number of benzene rings is 1. The lowest BCUT2D eigenvalue weighted by molar-refractivity contribution is -0.186. The maximum Gasteiger partial charge on any atom is 0.347 e. The van der Waals surface area contributed by atoms with Crippen molar-refractivity contribution in [1.82, 2.24) is 5.48 Å². The third-order valence-corrected chi connectivity index (χ3v) is 3.43. The SMILES string of the molecule is CC(C)(Oc1ccc(C(=O)NOC2CCCCO2)cc1)C(=O)O. The maximum atomic E-state index is 12.0. The van der Waals surface area contributed by atoms with Crippen LogP contribution in [0.5, 0.6) is 5.75 Å². The van der Waals surface area contributed by atoms with Gasteiger partial charge in [-0.2, -0.15) is 0 Å². The van der Waals surface area contributed by atoms with E-state index in [-0.39, 0.29) is 0 Å². The number of carboxylic acid groups (broad SMARTS) is 1. The summed E-state index contributed by atoms with van der Waals surface area (Å²) in [6.45, 7) is 3.54. The van der Waals surface area contributed by atoms with Crippen LogP contribution in [0.15, 0.2) is 24.3 Å². The van der Waals surface area contributed by atoms with E-state index >= 15 is 0 Å². The number of ether oxygens (including phenoxy) is 2. The summed E-state index contributed by atoms with van der Waals surface area (Å²) in [7, 11) is 0. The fourth-order valence-corrected chi connectivity index (χ4v) is 1.99. The highest BCUT2D eigenvalue weighted by Crippen LogP contribution is 2.19. The first-order valence-electron chi connectivity index (χ1n) is 7.48. The minimum Gasteiger partial charge on any atom is -0.478 e. The van der Waals surface area contributed by atoms with Gasteiger partial charge in [0.25, 0.3) is 5.91 Å². The molecule has 7 nitrogen and oxygen atoms in total. The zero-order valence-electron chi connectivity index (χ0n) is 13.2. The molecule has 1 unspecified atom stereocenters. The van der Waals surface area contributed by atoms with Crippen molar-refractivity contribution < 1.29 is 29.0 Å². The molecule has 7 heteroatoms. The lowest BCUT2D eigenvalue weighted by Crippen LogP contribution is -2.37. The molecule has 2 rings (SSSR count). The summed E-state index contributed by atoms with van der Waals surface area (Å²) in [6.07, 6.45) is 2.34. The van der Waals surface area contributed by atoms with E-state index in [0.717, 1.165) is 19.3 Å². The Labute approximate surface area is 134 Å². The second-order valence-corrected chi connectivity index (χ2v) is 5.79. The van der Waals surface area contributed by atoms with Gasteiger partial charge in [-0.1, -0.05) is 0 Å². The number of carboxylic acids is 1. The van der Waals surface area contributed by atoms with Crippen LogP contribution in [0, 0.1) is 0 Å². The molecule has 0 spiro atoms. The van der Waals surface area contributed by atoms with Gasteiger partial charge in [0.2, 0.25) is 0 Å². The molecule has 1 aliphatic rings. The van der Waals surface area contributed by atoms with Crippen molar-refractivity contribution in [2.24, 2.45) is 0 Å². The van der Waals surface area contributed by atoms with Crippen LogP contribution >= 0.6 is 0 Å². The average molecular weight is 323 g/mol. The standard InChI is InChI=1S/C16H21NO6/c1-16(2,15(19)20)22-12-8-6-11(7-9-12)14(18)17-23-13-5-3-4-10-21-13/h6-9,13H,3-5,10H2,1-2H3,(H,17,18)(H,19,20). The summed E-state index contributed by atoms with van der Waals surface area (Å²) in [5, 5.41) is 9.02. The van der Waals surface area contributed by atoms with E-state index in [1.54, 1.807) is 0 Å². The van der Waals surface area contributed by atoms with E-state index in [9.17, 15) is 9.59 Å². The largest absolute Gasteiger partial charge is 0.478 e. The van der Waals surface area contributed by atoms with Crippen LogP contribution < -0.4 is 10.2 Å². The number of hydrogen-bond donors (Lipinski definition) is 2. The zero-order chi connectivity index (χ0) is 16.9.